The molecule has 1 fully saturated rings. The standard InChI is InChI=1S/C24H22FN5/c25-20-5-3-4-19(14-20)22-6-1-2-13-30(22)23(27)11-12-24-28-16-21(29-24)18-9-7-17(15-26)8-10-18/h3-5,7-12,14,16,22,27H,1-2,6,13H2,(H,28,29)/b12-11-,27-23?/t22-/m1/s1. The summed E-state index contributed by atoms with van der Waals surface area (Å²) in [5, 5.41) is 17.5. The fourth-order valence-corrected chi connectivity index (χ4v) is 3.83. The molecule has 4 rings (SSSR count). The van der Waals surface area contributed by atoms with E-state index in [1.54, 1.807) is 42.6 Å². The maximum Gasteiger partial charge on any atom is 0.130 e. The van der Waals surface area contributed by atoms with Crippen molar-refractivity contribution in [3.05, 3.63) is 83.6 Å². The highest BCUT2D eigenvalue weighted by Crippen LogP contribution is 2.31. The van der Waals surface area contributed by atoms with Crippen molar-refractivity contribution in [1.29, 1.82) is 10.7 Å². The van der Waals surface area contributed by atoms with Gasteiger partial charge < -0.3 is 9.88 Å². The van der Waals surface area contributed by atoms with Gasteiger partial charge in [0, 0.05) is 6.54 Å². The van der Waals surface area contributed by atoms with Crippen LogP contribution in [0.3, 0.4) is 0 Å². The summed E-state index contributed by atoms with van der Waals surface area (Å²) in [6, 6.07) is 16.1. The molecule has 0 aliphatic carbocycles. The van der Waals surface area contributed by atoms with Crippen molar-refractivity contribution in [2.45, 2.75) is 25.3 Å². The molecule has 30 heavy (non-hydrogen) atoms. The number of likely N-dealkylation sites (tertiary alicyclic amines) is 1. The van der Waals surface area contributed by atoms with E-state index in [0.29, 0.717) is 17.2 Å². The fraction of sp³-hybridized carbons (Fsp3) is 0.208. The molecule has 1 aliphatic heterocycles. The van der Waals surface area contributed by atoms with Gasteiger partial charge in [-0.2, -0.15) is 5.26 Å². The molecular formula is C24H22FN5. The summed E-state index contributed by atoms with van der Waals surface area (Å²) in [5.74, 6) is 0.796. The van der Waals surface area contributed by atoms with Crippen molar-refractivity contribution in [2.24, 2.45) is 0 Å². The Morgan fingerprint density at radius 3 is 2.83 bits per heavy atom. The molecule has 1 saturated heterocycles. The van der Waals surface area contributed by atoms with E-state index in [1.165, 1.54) is 6.07 Å². The number of halogens is 1. The van der Waals surface area contributed by atoms with Gasteiger partial charge in [-0.3, -0.25) is 5.41 Å². The second kappa shape index (κ2) is 8.75. The van der Waals surface area contributed by atoms with Crippen LogP contribution in [-0.4, -0.2) is 27.2 Å². The highest BCUT2D eigenvalue weighted by molar-refractivity contribution is 5.94. The second-order valence-corrected chi connectivity index (χ2v) is 7.35. The monoisotopic (exact) mass is 399 g/mol. The largest absolute Gasteiger partial charge is 0.350 e. The van der Waals surface area contributed by atoms with Crippen molar-refractivity contribution < 1.29 is 4.39 Å². The average Bonchev–Trinajstić information content (AvgIpc) is 3.26. The SMILES string of the molecule is N#Cc1ccc(-c2cnc(/C=C\C(=N)N3CCCC[C@@H]3c3cccc(F)c3)[nH]2)cc1. The van der Waals surface area contributed by atoms with Crippen molar-refractivity contribution in [3.63, 3.8) is 0 Å². The first-order valence-corrected chi connectivity index (χ1v) is 9.98. The van der Waals surface area contributed by atoms with Gasteiger partial charge in [0.15, 0.2) is 0 Å². The van der Waals surface area contributed by atoms with Crippen molar-refractivity contribution in [1.82, 2.24) is 14.9 Å². The zero-order chi connectivity index (χ0) is 20.9. The molecule has 2 N–H and O–H groups in total. The van der Waals surface area contributed by atoms with Crippen LogP contribution in [0.5, 0.6) is 0 Å². The summed E-state index contributed by atoms with van der Waals surface area (Å²) < 4.78 is 13.7. The van der Waals surface area contributed by atoms with Crippen LogP contribution >= 0.6 is 0 Å². The number of piperidine rings is 1. The number of hydrogen-bond donors (Lipinski definition) is 2. The Labute approximate surface area is 175 Å². The summed E-state index contributed by atoms with van der Waals surface area (Å²) in [7, 11) is 0. The Balaban J connectivity index is 1.48. The van der Waals surface area contributed by atoms with Crippen LogP contribution in [0.15, 0.2) is 60.8 Å². The van der Waals surface area contributed by atoms with Crippen molar-refractivity contribution >= 4 is 11.9 Å². The zero-order valence-electron chi connectivity index (χ0n) is 16.5. The van der Waals surface area contributed by atoms with Crippen molar-refractivity contribution in [3.8, 4) is 17.3 Å². The Morgan fingerprint density at radius 1 is 1.23 bits per heavy atom. The molecule has 0 amide bonds. The lowest BCUT2D eigenvalue weighted by molar-refractivity contribution is 0.244. The number of H-pyrrole nitrogens is 1. The maximum absolute atomic E-state index is 13.7. The predicted octanol–water partition coefficient (Wildman–Crippen LogP) is 5.31. The first kappa shape index (κ1) is 19.6. The van der Waals surface area contributed by atoms with E-state index in [0.717, 1.165) is 42.6 Å². The number of hydrogen-bond acceptors (Lipinski definition) is 3. The number of imidazole rings is 1. The molecule has 1 aliphatic rings. The minimum atomic E-state index is -0.244. The first-order valence-electron chi connectivity index (χ1n) is 9.98. The van der Waals surface area contributed by atoms with Gasteiger partial charge in [-0.1, -0.05) is 24.3 Å². The van der Waals surface area contributed by atoms with Crippen LogP contribution in [0.2, 0.25) is 0 Å². The van der Waals surface area contributed by atoms with Gasteiger partial charge in [-0.05, 0) is 66.8 Å². The highest BCUT2D eigenvalue weighted by Gasteiger charge is 2.25. The first-order chi connectivity index (χ1) is 14.6. The molecule has 6 heteroatoms. The lowest BCUT2D eigenvalue weighted by Gasteiger charge is -2.37. The molecule has 2 aromatic carbocycles. The van der Waals surface area contributed by atoms with E-state index in [4.69, 9.17) is 10.7 Å². The Morgan fingerprint density at radius 2 is 2.07 bits per heavy atom. The number of benzene rings is 2. The number of amidine groups is 1. The molecule has 0 radical (unpaired) electrons. The van der Waals surface area contributed by atoms with E-state index in [2.05, 4.69) is 16.0 Å². The Hall–Kier alpha value is -3.72. The van der Waals surface area contributed by atoms with Crippen LogP contribution in [0.4, 0.5) is 4.39 Å². The summed E-state index contributed by atoms with van der Waals surface area (Å²) >= 11 is 0. The summed E-state index contributed by atoms with van der Waals surface area (Å²) in [6.45, 7) is 0.777. The number of nitrogens with zero attached hydrogens (tertiary/aromatic N) is 3. The van der Waals surface area contributed by atoms with E-state index < -0.39 is 0 Å². The maximum atomic E-state index is 13.7. The summed E-state index contributed by atoms with van der Waals surface area (Å²) in [4.78, 5) is 9.63. The van der Waals surface area contributed by atoms with Crippen LogP contribution < -0.4 is 0 Å². The van der Waals surface area contributed by atoms with Gasteiger partial charge >= 0.3 is 0 Å². The topological polar surface area (TPSA) is 79.6 Å². The van der Waals surface area contributed by atoms with E-state index in [9.17, 15) is 4.39 Å². The number of nitrogens with one attached hydrogen (secondary N) is 2. The van der Waals surface area contributed by atoms with E-state index >= 15 is 0 Å². The van der Waals surface area contributed by atoms with E-state index in [-0.39, 0.29) is 11.9 Å². The summed E-state index contributed by atoms with van der Waals surface area (Å²) in [5.41, 5.74) is 3.31. The molecule has 1 aromatic heterocycles. The van der Waals surface area contributed by atoms with Gasteiger partial charge in [-0.25, -0.2) is 9.37 Å². The number of nitriles is 1. The quantitative estimate of drug-likeness (QED) is 0.461. The molecule has 0 saturated carbocycles. The van der Waals surface area contributed by atoms with Crippen LogP contribution in [0, 0.1) is 22.6 Å². The van der Waals surface area contributed by atoms with Gasteiger partial charge in [0.25, 0.3) is 0 Å². The molecule has 5 nitrogen and oxygen atoms in total. The Bertz CT molecular complexity index is 1110. The number of aromatic nitrogens is 2. The predicted molar refractivity (Wildman–Crippen MR) is 115 cm³/mol. The smallest absolute Gasteiger partial charge is 0.130 e. The third-order valence-electron chi connectivity index (χ3n) is 5.37. The molecule has 1 atom stereocenters. The van der Waals surface area contributed by atoms with Gasteiger partial charge in [0.05, 0.1) is 29.6 Å². The molecule has 2 heterocycles. The van der Waals surface area contributed by atoms with Gasteiger partial charge in [0.2, 0.25) is 0 Å². The third kappa shape index (κ3) is 4.31. The number of rotatable bonds is 4. The van der Waals surface area contributed by atoms with Crippen LogP contribution in [0.1, 0.15) is 42.3 Å². The minimum Gasteiger partial charge on any atom is -0.350 e. The van der Waals surface area contributed by atoms with Gasteiger partial charge in [-0.15, -0.1) is 0 Å². The average molecular weight is 399 g/mol. The molecule has 0 unspecified atom stereocenters. The van der Waals surface area contributed by atoms with E-state index in [1.807, 2.05) is 23.1 Å². The molecule has 3 aromatic rings. The number of aromatic amines is 1. The fourth-order valence-electron chi connectivity index (χ4n) is 3.83. The van der Waals surface area contributed by atoms with Gasteiger partial charge in [0.1, 0.15) is 17.5 Å². The highest BCUT2D eigenvalue weighted by atomic mass is 19.1. The molecular weight excluding hydrogens is 377 g/mol. The molecule has 0 bridgehead atoms. The lowest BCUT2D eigenvalue weighted by atomic mass is 9.95. The second-order valence-electron chi connectivity index (χ2n) is 7.35. The lowest BCUT2D eigenvalue weighted by Crippen LogP contribution is -2.37. The van der Waals surface area contributed by atoms with Crippen LogP contribution in [-0.2, 0) is 0 Å². The third-order valence-corrected chi connectivity index (χ3v) is 5.37. The Kier molecular flexibility index (Phi) is 5.71. The minimum absolute atomic E-state index is 0.0115. The molecule has 0 spiro atoms. The normalized spacial score (nSPS) is 16.5. The summed E-state index contributed by atoms with van der Waals surface area (Å²) in [6.07, 6.45) is 8.25. The molecule has 150 valence electrons. The van der Waals surface area contributed by atoms with Crippen molar-refractivity contribution in [2.75, 3.05) is 6.54 Å². The zero-order valence-corrected chi connectivity index (χ0v) is 16.5. The van der Waals surface area contributed by atoms with Crippen LogP contribution in [0.25, 0.3) is 17.3 Å².